The van der Waals surface area contributed by atoms with Gasteiger partial charge < -0.3 is 0 Å². The van der Waals surface area contributed by atoms with Gasteiger partial charge in [-0.3, -0.25) is 4.31 Å². The summed E-state index contributed by atoms with van der Waals surface area (Å²) in [4.78, 5) is 0. The Morgan fingerprint density at radius 2 is 1.67 bits per heavy atom. The van der Waals surface area contributed by atoms with Gasteiger partial charge in [0.15, 0.2) is 0 Å². The molecule has 0 unspecified atom stereocenters. The van der Waals surface area contributed by atoms with E-state index in [0.717, 1.165) is 0 Å². The highest BCUT2D eigenvalue weighted by molar-refractivity contribution is 7.77. The maximum absolute atomic E-state index is 4.13. The van der Waals surface area contributed by atoms with Gasteiger partial charge >= 0.3 is 0 Å². The van der Waals surface area contributed by atoms with Crippen LogP contribution in [-0.2, 0) is 0 Å². The van der Waals surface area contributed by atoms with Crippen molar-refractivity contribution in [2.24, 2.45) is 0 Å². The molecule has 6 heavy (non-hydrogen) atoms. The van der Waals surface area contributed by atoms with Crippen LogP contribution in [0.4, 0.5) is 0 Å². The lowest BCUT2D eigenvalue weighted by atomic mass is 10.4. The molecule has 1 rings (SSSR count). The molecule has 36 valence electrons. The molecule has 0 aliphatic carbocycles. The Balaban J connectivity index is 2.18. The maximum Gasteiger partial charge on any atom is 0.00874 e. The molecular weight excluding hydrogens is 94.1 g/mol. The first-order chi connectivity index (χ1) is 2.89. The Morgan fingerprint density at radius 3 is 1.83 bits per heavy atom. The largest absolute Gasteiger partial charge is 0.253 e. The molecule has 0 N–H and O–H groups in total. The second kappa shape index (κ2) is 1.85. The van der Waals surface area contributed by atoms with Crippen LogP contribution in [-0.4, -0.2) is 17.4 Å². The molecule has 0 atom stereocenters. The summed E-state index contributed by atoms with van der Waals surface area (Å²) in [6, 6.07) is 0. The lowest BCUT2D eigenvalue weighted by Gasteiger charge is -1.99. The van der Waals surface area contributed by atoms with Gasteiger partial charge in [0.2, 0.25) is 0 Å². The van der Waals surface area contributed by atoms with Crippen LogP contribution in [0, 0.1) is 0 Å². The van der Waals surface area contributed by atoms with Crippen molar-refractivity contribution in [2.45, 2.75) is 12.8 Å². The predicted molar refractivity (Wildman–Crippen MR) is 29.8 cm³/mol. The van der Waals surface area contributed by atoms with Crippen LogP contribution in [0.1, 0.15) is 12.8 Å². The fourth-order valence-electron chi connectivity index (χ4n) is 0.700. The summed E-state index contributed by atoms with van der Waals surface area (Å²) in [7, 11) is 0. The molecule has 0 saturated carbocycles. The highest BCUT2D eigenvalue weighted by Crippen LogP contribution is 2.07. The van der Waals surface area contributed by atoms with Crippen molar-refractivity contribution in [3.8, 4) is 0 Å². The second-order valence-corrected chi connectivity index (χ2v) is 2.23. The first-order valence-corrected chi connectivity index (χ1v) is 2.73. The van der Waals surface area contributed by atoms with E-state index in [0.29, 0.717) is 0 Å². The summed E-state index contributed by atoms with van der Waals surface area (Å²) in [6.45, 7) is 2.37. The Morgan fingerprint density at radius 1 is 1.17 bits per heavy atom. The van der Waals surface area contributed by atoms with Crippen molar-refractivity contribution >= 4 is 12.8 Å². The minimum atomic E-state index is 1.18. The van der Waals surface area contributed by atoms with Crippen LogP contribution in [0.15, 0.2) is 0 Å². The van der Waals surface area contributed by atoms with Crippen LogP contribution >= 0.6 is 12.8 Å². The van der Waals surface area contributed by atoms with E-state index in [1.807, 2.05) is 0 Å². The molecule has 2 heteroatoms. The van der Waals surface area contributed by atoms with E-state index in [1.54, 1.807) is 0 Å². The molecule has 0 amide bonds. The van der Waals surface area contributed by atoms with Gasteiger partial charge in [-0.15, -0.1) is 0 Å². The molecule has 0 spiro atoms. The number of nitrogens with zero attached hydrogens (tertiary/aromatic N) is 1. The number of rotatable bonds is 0. The van der Waals surface area contributed by atoms with Crippen molar-refractivity contribution in [2.75, 3.05) is 13.1 Å². The zero-order valence-electron chi connectivity index (χ0n) is 3.72. The van der Waals surface area contributed by atoms with E-state index in [-0.39, 0.29) is 0 Å². The summed E-state index contributed by atoms with van der Waals surface area (Å²) in [5.74, 6) is 0. The average Bonchev–Trinajstić information content (AvgIpc) is 1.86. The van der Waals surface area contributed by atoms with Gasteiger partial charge in [0.1, 0.15) is 0 Å². The Labute approximate surface area is 43.9 Å². The van der Waals surface area contributed by atoms with Crippen LogP contribution in [0.2, 0.25) is 0 Å². The molecule has 1 nitrogen and oxygen atoms in total. The SMILES string of the molecule is SN1CCCC1. The molecule has 1 fully saturated rings. The van der Waals surface area contributed by atoms with Crippen LogP contribution in [0.25, 0.3) is 0 Å². The Kier molecular flexibility index (Phi) is 1.37. The first-order valence-electron chi connectivity index (χ1n) is 2.33. The van der Waals surface area contributed by atoms with Crippen molar-refractivity contribution in [3.63, 3.8) is 0 Å². The van der Waals surface area contributed by atoms with E-state index in [2.05, 4.69) is 17.1 Å². The molecule has 0 radical (unpaired) electrons. The molecule has 0 aromatic rings. The summed E-state index contributed by atoms with van der Waals surface area (Å²) >= 11 is 4.13. The van der Waals surface area contributed by atoms with Crippen LogP contribution in [0.3, 0.4) is 0 Å². The fraction of sp³-hybridized carbons (Fsp3) is 1.00. The number of hydrogen-bond acceptors (Lipinski definition) is 2. The molecule has 0 aromatic heterocycles. The molecule has 1 saturated heterocycles. The molecule has 0 bridgehead atoms. The average molecular weight is 103 g/mol. The standard InChI is InChI=1S/C4H9NS/c6-5-3-1-2-4-5/h6H,1-4H2. The first kappa shape index (κ1) is 4.47. The third kappa shape index (κ3) is 0.884. The smallest absolute Gasteiger partial charge is 0.00874 e. The van der Waals surface area contributed by atoms with Crippen molar-refractivity contribution in [1.29, 1.82) is 0 Å². The number of thiol groups is 1. The van der Waals surface area contributed by atoms with E-state index in [9.17, 15) is 0 Å². The third-order valence-corrected chi connectivity index (χ3v) is 1.48. The summed E-state index contributed by atoms with van der Waals surface area (Å²) < 4.78 is 2.06. The zero-order chi connectivity index (χ0) is 4.41. The topological polar surface area (TPSA) is 3.24 Å². The molecule has 1 heterocycles. The van der Waals surface area contributed by atoms with Gasteiger partial charge in [-0.25, -0.2) is 0 Å². The van der Waals surface area contributed by atoms with E-state index in [1.165, 1.54) is 25.9 Å². The predicted octanol–water partition coefficient (Wildman–Crippen LogP) is 0.927. The third-order valence-electron chi connectivity index (χ3n) is 1.08. The van der Waals surface area contributed by atoms with Crippen LogP contribution < -0.4 is 0 Å². The van der Waals surface area contributed by atoms with E-state index in [4.69, 9.17) is 0 Å². The summed E-state index contributed by atoms with van der Waals surface area (Å²) in [6.07, 6.45) is 2.67. The zero-order valence-corrected chi connectivity index (χ0v) is 4.62. The van der Waals surface area contributed by atoms with Gasteiger partial charge in [-0.05, 0) is 12.8 Å². The molecule has 0 aromatic carbocycles. The maximum atomic E-state index is 4.13. The van der Waals surface area contributed by atoms with Crippen molar-refractivity contribution < 1.29 is 0 Å². The van der Waals surface area contributed by atoms with Crippen molar-refractivity contribution in [3.05, 3.63) is 0 Å². The molecule has 1 aliphatic heterocycles. The fourth-order valence-corrected chi connectivity index (χ4v) is 0.983. The van der Waals surface area contributed by atoms with E-state index < -0.39 is 0 Å². The summed E-state index contributed by atoms with van der Waals surface area (Å²) in [5, 5.41) is 0. The second-order valence-electron chi connectivity index (χ2n) is 1.66. The van der Waals surface area contributed by atoms with Gasteiger partial charge in [-0.2, -0.15) is 0 Å². The van der Waals surface area contributed by atoms with E-state index >= 15 is 0 Å². The summed E-state index contributed by atoms with van der Waals surface area (Å²) in [5.41, 5.74) is 0. The highest BCUT2D eigenvalue weighted by Gasteiger charge is 2.04. The van der Waals surface area contributed by atoms with Gasteiger partial charge in [0, 0.05) is 13.1 Å². The van der Waals surface area contributed by atoms with Gasteiger partial charge in [-0.1, -0.05) is 12.8 Å². The lowest BCUT2D eigenvalue weighted by Crippen LogP contribution is -2.02. The highest BCUT2D eigenvalue weighted by atomic mass is 32.1. The molecular formula is C4H9NS. The minimum Gasteiger partial charge on any atom is -0.253 e. The monoisotopic (exact) mass is 103 g/mol. The lowest BCUT2D eigenvalue weighted by molar-refractivity contribution is 0.595. The van der Waals surface area contributed by atoms with Gasteiger partial charge in [0.05, 0.1) is 0 Å². The van der Waals surface area contributed by atoms with Gasteiger partial charge in [0.25, 0.3) is 0 Å². The normalized spacial score (nSPS) is 25.5. The minimum absolute atomic E-state index is 1.18. The van der Waals surface area contributed by atoms with Crippen molar-refractivity contribution in [1.82, 2.24) is 4.31 Å². The Hall–Kier alpha value is 0.310. The molecule has 1 aliphatic rings. The number of hydrogen-bond donors (Lipinski definition) is 1. The Bertz CT molecular complexity index is 40.8. The van der Waals surface area contributed by atoms with Crippen LogP contribution in [0.5, 0.6) is 0 Å². The quantitative estimate of drug-likeness (QED) is 0.446.